The minimum Gasteiger partial charge on any atom is -0.331 e. The van der Waals surface area contributed by atoms with Crippen molar-refractivity contribution in [2.75, 3.05) is 13.1 Å². The molecule has 0 aromatic heterocycles. The number of nitrogens with one attached hydrogen (secondary N) is 1. The van der Waals surface area contributed by atoms with Gasteiger partial charge in [-0.1, -0.05) is 44.2 Å². The minimum atomic E-state index is 0.0574. The van der Waals surface area contributed by atoms with E-state index in [2.05, 4.69) is 31.3 Å². The Labute approximate surface area is 133 Å². The van der Waals surface area contributed by atoms with Gasteiger partial charge in [0, 0.05) is 19.1 Å². The lowest BCUT2D eigenvalue weighted by Crippen LogP contribution is -2.54. The summed E-state index contributed by atoms with van der Waals surface area (Å²) < 4.78 is 0. The van der Waals surface area contributed by atoms with Gasteiger partial charge in [-0.05, 0) is 36.2 Å². The largest absolute Gasteiger partial charge is 0.331 e. The number of likely N-dealkylation sites (tertiary alicyclic amines) is 1. The lowest BCUT2D eigenvalue weighted by atomic mass is 9.93. The Bertz CT molecular complexity index is 502. The number of hydrogen-bond donors (Lipinski definition) is 2. The van der Waals surface area contributed by atoms with Crippen molar-refractivity contribution in [1.29, 1.82) is 0 Å². The third-order valence-corrected chi connectivity index (χ3v) is 5.30. The fourth-order valence-corrected chi connectivity index (χ4v) is 3.95. The van der Waals surface area contributed by atoms with Crippen LogP contribution >= 0.6 is 0 Å². The summed E-state index contributed by atoms with van der Waals surface area (Å²) in [4.78, 5) is 14.7. The van der Waals surface area contributed by atoms with E-state index in [1.54, 1.807) is 0 Å². The van der Waals surface area contributed by atoms with Crippen molar-refractivity contribution >= 4 is 6.03 Å². The zero-order chi connectivity index (χ0) is 15.7. The summed E-state index contributed by atoms with van der Waals surface area (Å²) in [6.45, 7) is 5.91. The van der Waals surface area contributed by atoms with Gasteiger partial charge in [0.2, 0.25) is 0 Å². The molecule has 4 atom stereocenters. The Morgan fingerprint density at radius 2 is 1.77 bits per heavy atom. The molecule has 1 aliphatic heterocycles. The van der Waals surface area contributed by atoms with Gasteiger partial charge in [0.05, 0.1) is 6.04 Å². The van der Waals surface area contributed by atoms with Crippen molar-refractivity contribution < 1.29 is 4.79 Å². The molecule has 2 aliphatic rings. The van der Waals surface area contributed by atoms with Gasteiger partial charge in [-0.2, -0.15) is 0 Å². The standard InChI is InChI=1S/C18H27N3O/c1-12(2)17(13-6-4-3-5-7-13)20-18(22)21-10-14-8-9-15(11-21)16(14)19/h3-7,12,14-17H,8-11,19H2,1-2H3,(H,20,22)/t14-,15+,16?,17?. The second kappa shape index (κ2) is 6.29. The molecule has 1 heterocycles. The maximum Gasteiger partial charge on any atom is 0.317 e. The summed E-state index contributed by atoms with van der Waals surface area (Å²) in [5, 5.41) is 3.23. The monoisotopic (exact) mass is 301 g/mol. The van der Waals surface area contributed by atoms with Crippen molar-refractivity contribution in [3.63, 3.8) is 0 Å². The molecule has 1 saturated heterocycles. The normalized spacial score (nSPS) is 28.7. The molecule has 1 aromatic rings. The molecule has 2 unspecified atom stereocenters. The lowest BCUT2D eigenvalue weighted by molar-refractivity contribution is 0.145. The summed E-state index contributed by atoms with van der Waals surface area (Å²) in [5.41, 5.74) is 7.40. The molecule has 1 saturated carbocycles. The maximum absolute atomic E-state index is 12.7. The molecule has 4 heteroatoms. The van der Waals surface area contributed by atoms with Gasteiger partial charge in [-0.15, -0.1) is 0 Å². The van der Waals surface area contributed by atoms with Crippen molar-refractivity contribution in [3.05, 3.63) is 35.9 Å². The molecule has 3 rings (SSSR count). The van der Waals surface area contributed by atoms with Crippen LogP contribution in [0.15, 0.2) is 30.3 Å². The van der Waals surface area contributed by atoms with Crippen LogP contribution in [0.4, 0.5) is 4.79 Å². The number of carbonyl (C=O) groups excluding carboxylic acids is 1. The fraction of sp³-hybridized carbons (Fsp3) is 0.611. The third-order valence-electron chi connectivity index (χ3n) is 5.30. The van der Waals surface area contributed by atoms with Crippen LogP contribution < -0.4 is 11.1 Å². The van der Waals surface area contributed by atoms with Crippen molar-refractivity contribution in [2.24, 2.45) is 23.5 Å². The van der Waals surface area contributed by atoms with E-state index in [9.17, 15) is 4.79 Å². The highest BCUT2D eigenvalue weighted by atomic mass is 16.2. The second-order valence-electron chi connectivity index (χ2n) is 7.16. The highest BCUT2D eigenvalue weighted by Crippen LogP contribution is 2.35. The number of rotatable bonds is 3. The smallest absolute Gasteiger partial charge is 0.317 e. The zero-order valence-electron chi connectivity index (χ0n) is 13.5. The number of amides is 2. The van der Waals surface area contributed by atoms with Crippen LogP contribution in [0, 0.1) is 17.8 Å². The third kappa shape index (κ3) is 2.98. The van der Waals surface area contributed by atoms with E-state index in [1.807, 2.05) is 23.1 Å². The number of piperidine rings is 1. The van der Waals surface area contributed by atoms with Gasteiger partial charge in [-0.3, -0.25) is 0 Å². The first-order valence-corrected chi connectivity index (χ1v) is 8.42. The average Bonchev–Trinajstić information content (AvgIpc) is 2.74. The van der Waals surface area contributed by atoms with Gasteiger partial charge < -0.3 is 16.0 Å². The van der Waals surface area contributed by atoms with Crippen LogP contribution in [0.3, 0.4) is 0 Å². The Hall–Kier alpha value is -1.55. The van der Waals surface area contributed by atoms with E-state index in [0.29, 0.717) is 23.8 Å². The first-order valence-electron chi connectivity index (χ1n) is 8.42. The number of urea groups is 1. The molecule has 1 aromatic carbocycles. The Morgan fingerprint density at radius 1 is 1.18 bits per heavy atom. The molecule has 4 nitrogen and oxygen atoms in total. The number of benzene rings is 1. The van der Waals surface area contributed by atoms with Crippen molar-refractivity contribution in [1.82, 2.24) is 10.2 Å². The Kier molecular flexibility index (Phi) is 4.39. The SMILES string of the molecule is CC(C)C(NC(=O)N1C[C@H]2CC[C@@H](C1)C2N)c1ccccc1. The summed E-state index contributed by atoms with van der Waals surface area (Å²) in [6.07, 6.45) is 2.34. The maximum atomic E-state index is 12.7. The van der Waals surface area contributed by atoms with Crippen LogP contribution in [-0.2, 0) is 0 Å². The highest BCUT2D eigenvalue weighted by Gasteiger charge is 2.41. The summed E-state index contributed by atoms with van der Waals surface area (Å²) in [5.74, 6) is 1.33. The second-order valence-corrected chi connectivity index (χ2v) is 7.16. The quantitative estimate of drug-likeness (QED) is 0.902. The number of nitrogens with zero attached hydrogens (tertiary/aromatic N) is 1. The molecule has 0 radical (unpaired) electrons. The van der Waals surface area contributed by atoms with Crippen LogP contribution in [-0.4, -0.2) is 30.1 Å². The minimum absolute atomic E-state index is 0.0574. The number of hydrogen-bond acceptors (Lipinski definition) is 2. The lowest BCUT2D eigenvalue weighted by Gasteiger charge is -2.37. The van der Waals surface area contributed by atoms with Gasteiger partial charge in [0.25, 0.3) is 0 Å². The van der Waals surface area contributed by atoms with Crippen LogP contribution in [0.25, 0.3) is 0 Å². The summed E-state index contributed by atoms with van der Waals surface area (Å²) in [6, 6.07) is 10.6. The van der Waals surface area contributed by atoms with Crippen molar-refractivity contribution in [3.8, 4) is 0 Å². The van der Waals surface area contributed by atoms with E-state index >= 15 is 0 Å². The molecule has 2 amide bonds. The molecule has 0 spiro atoms. The van der Waals surface area contributed by atoms with E-state index in [-0.39, 0.29) is 12.1 Å². The van der Waals surface area contributed by atoms with Crippen molar-refractivity contribution in [2.45, 2.75) is 38.8 Å². The summed E-state index contributed by atoms with van der Waals surface area (Å²) in [7, 11) is 0. The Balaban J connectivity index is 1.67. The number of nitrogens with two attached hydrogens (primary N) is 1. The molecule has 120 valence electrons. The van der Waals surface area contributed by atoms with Gasteiger partial charge in [-0.25, -0.2) is 4.79 Å². The predicted octanol–water partition coefficient (Wildman–Crippen LogP) is 2.76. The molecular formula is C18H27N3O. The van der Waals surface area contributed by atoms with E-state index in [1.165, 1.54) is 18.4 Å². The van der Waals surface area contributed by atoms with Gasteiger partial charge in [0.1, 0.15) is 0 Å². The van der Waals surface area contributed by atoms with Gasteiger partial charge in [0.15, 0.2) is 0 Å². The number of carbonyl (C=O) groups is 1. The van der Waals surface area contributed by atoms with Crippen LogP contribution in [0.2, 0.25) is 0 Å². The zero-order valence-corrected chi connectivity index (χ0v) is 13.5. The molecule has 2 fully saturated rings. The molecule has 3 N–H and O–H groups in total. The van der Waals surface area contributed by atoms with Crippen LogP contribution in [0.1, 0.15) is 38.3 Å². The molecule has 22 heavy (non-hydrogen) atoms. The molecule has 2 bridgehead atoms. The first kappa shape index (κ1) is 15.3. The topological polar surface area (TPSA) is 58.4 Å². The fourth-order valence-electron chi connectivity index (χ4n) is 3.95. The van der Waals surface area contributed by atoms with E-state index in [4.69, 9.17) is 5.73 Å². The highest BCUT2D eigenvalue weighted by molar-refractivity contribution is 5.75. The number of fused-ring (bicyclic) bond motifs is 2. The predicted molar refractivity (Wildman–Crippen MR) is 88.3 cm³/mol. The summed E-state index contributed by atoms with van der Waals surface area (Å²) >= 11 is 0. The van der Waals surface area contributed by atoms with Crippen LogP contribution in [0.5, 0.6) is 0 Å². The molecule has 1 aliphatic carbocycles. The van der Waals surface area contributed by atoms with Gasteiger partial charge >= 0.3 is 6.03 Å². The Morgan fingerprint density at radius 3 is 2.32 bits per heavy atom. The van der Waals surface area contributed by atoms with E-state index in [0.717, 1.165) is 13.1 Å². The first-order chi connectivity index (χ1) is 10.6. The molecular weight excluding hydrogens is 274 g/mol. The average molecular weight is 301 g/mol. The van der Waals surface area contributed by atoms with E-state index < -0.39 is 0 Å².